The molecule has 1 aliphatic rings. The maximum atomic E-state index is 11.8. The molecule has 0 amide bonds. The van der Waals surface area contributed by atoms with E-state index in [1.54, 1.807) is 5.51 Å². The lowest BCUT2D eigenvalue weighted by Gasteiger charge is -2.20. The zero-order valence-electron chi connectivity index (χ0n) is 10.0. The molecule has 1 fully saturated rings. The Hall–Kier alpha value is -1.80. The summed E-state index contributed by atoms with van der Waals surface area (Å²) >= 11 is 1.29. The summed E-state index contributed by atoms with van der Waals surface area (Å²) in [7, 11) is 0. The molecule has 8 heteroatoms. The Labute approximate surface area is 112 Å². The highest BCUT2D eigenvalue weighted by molar-refractivity contribution is 7.14. The molecular weight excluding hydrogens is 268 g/mol. The van der Waals surface area contributed by atoms with Crippen LogP contribution < -0.4 is 5.56 Å². The summed E-state index contributed by atoms with van der Waals surface area (Å²) in [5.74, 6) is -0.812. The molecule has 3 rings (SSSR count). The number of nitrogens with zero attached hydrogens (tertiary/aromatic N) is 4. The second-order valence-electron chi connectivity index (χ2n) is 4.49. The van der Waals surface area contributed by atoms with E-state index in [9.17, 15) is 9.59 Å². The number of carbonyl (C=O) groups is 1. The molecule has 2 aromatic heterocycles. The van der Waals surface area contributed by atoms with Crippen LogP contribution in [0.15, 0.2) is 16.4 Å². The van der Waals surface area contributed by atoms with Gasteiger partial charge in [-0.3, -0.25) is 14.5 Å². The molecule has 0 saturated carbocycles. The van der Waals surface area contributed by atoms with Crippen LogP contribution in [0.4, 0.5) is 0 Å². The Balaban J connectivity index is 1.89. The van der Waals surface area contributed by atoms with Crippen LogP contribution >= 0.6 is 11.3 Å². The lowest BCUT2D eigenvalue weighted by molar-refractivity contribution is -0.142. The van der Waals surface area contributed by atoms with Crippen molar-refractivity contribution in [2.75, 3.05) is 6.54 Å². The van der Waals surface area contributed by atoms with Crippen molar-refractivity contribution in [3.05, 3.63) is 27.6 Å². The molecule has 1 aliphatic heterocycles. The predicted octanol–water partition coefficient (Wildman–Crippen LogP) is 0.200. The molecule has 1 N–H and O–H groups in total. The van der Waals surface area contributed by atoms with Crippen LogP contribution in [0.2, 0.25) is 0 Å². The maximum Gasteiger partial charge on any atom is 0.320 e. The fourth-order valence-electron chi connectivity index (χ4n) is 2.38. The number of rotatable bonds is 3. The van der Waals surface area contributed by atoms with Gasteiger partial charge in [-0.25, -0.2) is 4.98 Å². The third-order valence-electron chi connectivity index (χ3n) is 3.25. The van der Waals surface area contributed by atoms with Crippen LogP contribution in [-0.2, 0) is 11.3 Å². The van der Waals surface area contributed by atoms with Gasteiger partial charge in [0.1, 0.15) is 11.6 Å². The zero-order valence-corrected chi connectivity index (χ0v) is 10.8. The van der Waals surface area contributed by atoms with Crippen LogP contribution in [-0.4, -0.2) is 43.2 Å². The molecule has 2 aromatic rings. The van der Waals surface area contributed by atoms with Gasteiger partial charge in [0.05, 0.1) is 5.69 Å². The van der Waals surface area contributed by atoms with Crippen LogP contribution in [0.25, 0.3) is 4.96 Å². The van der Waals surface area contributed by atoms with Crippen LogP contribution in [0.5, 0.6) is 0 Å². The van der Waals surface area contributed by atoms with Crippen molar-refractivity contribution >= 4 is 22.3 Å². The lowest BCUT2D eigenvalue weighted by Crippen LogP contribution is -2.36. The Morgan fingerprint density at radius 3 is 3.21 bits per heavy atom. The molecule has 3 heterocycles. The van der Waals surface area contributed by atoms with E-state index in [4.69, 9.17) is 5.11 Å². The highest BCUT2D eigenvalue weighted by Crippen LogP contribution is 2.19. The smallest absolute Gasteiger partial charge is 0.320 e. The van der Waals surface area contributed by atoms with E-state index in [2.05, 4.69) is 10.1 Å². The summed E-state index contributed by atoms with van der Waals surface area (Å²) in [5, 5.41) is 13.0. The van der Waals surface area contributed by atoms with E-state index in [0.717, 1.165) is 13.0 Å². The molecule has 7 nitrogen and oxygen atoms in total. The van der Waals surface area contributed by atoms with Crippen molar-refractivity contribution in [3.63, 3.8) is 0 Å². The van der Waals surface area contributed by atoms with E-state index in [0.29, 0.717) is 23.6 Å². The van der Waals surface area contributed by atoms with Crippen molar-refractivity contribution in [3.8, 4) is 0 Å². The molecule has 100 valence electrons. The van der Waals surface area contributed by atoms with Crippen molar-refractivity contribution in [1.29, 1.82) is 0 Å². The van der Waals surface area contributed by atoms with Crippen LogP contribution in [0, 0.1) is 0 Å². The summed E-state index contributed by atoms with van der Waals surface area (Å²) in [6.07, 6.45) is 1.51. The number of carboxylic acid groups (broad SMARTS) is 1. The minimum Gasteiger partial charge on any atom is -0.480 e. The standard InChI is InChI=1S/C11H12N4O3S/c16-9-4-7(13-11-15(9)12-6-19-11)5-14-3-1-2-8(14)10(17)18/h4,6,8H,1-3,5H2,(H,17,18). The molecule has 0 radical (unpaired) electrons. The van der Waals surface area contributed by atoms with E-state index in [1.807, 2.05) is 4.90 Å². The number of fused-ring (bicyclic) bond motifs is 1. The first kappa shape index (κ1) is 12.2. The zero-order chi connectivity index (χ0) is 13.4. The normalized spacial score (nSPS) is 20.1. The average molecular weight is 280 g/mol. The Kier molecular flexibility index (Phi) is 3.03. The van der Waals surface area contributed by atoms with Gasteiger partial charge in [0.2, 0.25) is 4.96 Å². The first-order chi connectivity index (χ1) is 9.15. The molecular formula is C11H12N4O3S. The van der Waals surface area contributed by atoms with Gasteiger partial charge in [-0.2, -0.15) is 9.61 Å². The molecule has 0 bridgehead atoms. The van der Waals surface area contributed by atoms with Crippen molar-refractivity contribution in [2.24, 2.45) is 0 Å². The van der Waals surface area contributed by atoms with Crippen LogP contribution in [0.1, 0.15) is 18.5 Å². The second-order valence-corrected chi connectivity index (χ2v) is 5.30. The quantitative estimate of drug-likeness (QED) is 0.864. The summed E-state index contributed by atoms with van der Waals surface area (Å²) in [6.45, 7) is 1.11. The Bertz CT molecular complexity index is 680. The fraction of sp³-hybridized carbons (Fsp3) is 0.455. The van der Waals surface area contributed by atoms with Gasteiger partial charge in [-0.15, -0.1) is 0 Å². The molecule has 0 spiro atoms. The van der Waals surface area contributed by atoms with Crippen molar-refractivity contribution in [1.82, 2.24) is 19.5 Å². The molecule has 0 aliphatic carbocycles. The molecule has 1 saturated heterocycles. The van der Waals surface area contributed by atoms with Gasteiger partial charge < -0.3 is 5.11 Å². The number of aliphatic carboxylic acids is 1. The van der Waals surface area contributed by atoms with Gasteiger partial charge in [-0.1, -0.05) is 11.3 Å². The molecule has 0 aromatic carbocycles. The number of hydrogen-bond donors (Lipinski definition) is 1. The van der Waals surface area contributed by atoms with Gasteiger partial charge in [0.15, 0.2) is 0 Å². The van der Waals surface area contributed by atoms with E-state index in [-0.39, 0.29) is 5.56 Å². The minimum absolute atomic E-state index is 0.229. The van der Waals surface area contributed by atoms with Gasteiger partial charge in [-0.05, 0) is 19.4 Å². The number of hydrogen-bond acceptors (Lipinski definition) is 6. The minimum atomic E-state index is -0.812. The monoisotopic (exact) mass is 280 g/mol. The molecule has 19 heavy (non-hydrogen) atoms. The third kappa shape index (κ3) is 2.24. The van der Waals surface area contributed by atoms with Crippen LogP contribution in [0.3, 0.4) is 0 Å². The SMILES string of the molecule is O=C(O)C1CCCN1Cc1cc(=O)n2ncsc2n1. The largest absolute Gasteiger partial charge is 0.480 e. The van der Waals surface area contributed by atoms with Crippen molar-refractivity contribution < 1.29 is 9.90 Å². The van der Waals surface area contributed by atoms with Gasteiger partial charge in [0, 0.05) is 12.6 Å². The van der Waals surface area contributed by atoms with E-state index < -0.39 is 12.0 Å². The van der Waals surface area contributed by atoms with Gasteiger partial charge >= 0.3 is 5.97 Å². The molecule has 1 unspecified atom stereocenters. The number of carboxylic acids is 1. The van der Waals surface area contributed by atoms with E-state index in [1.165, 1.54) is 21.9 Å². The second kappa shape index (κ2) is 4.71. The summed E-state index contributed by atoms with van der Waals surface area (Å²) < 4.78 is 1.24. The number of aromatic nitrogens is 3. The topological polar surface area (TPSA) is 87.8 Å². The van der Waals surface area contributed by atoms with Crippen molar-refractivity contribution in [2.45, 2.75) is 25.4 Å². The predicted molar refractivity (Wildman–Crippen MR) is 68.2 cm³/mol. The maximum absolute atomic E-state index is 11.8. The summed E-state index contributed by atoms with van der Waals surface area (Å²) in [4.78, 5) is 29.6. The molecule has 1 atom stereocenters. The van der Waals surface area contributed by atoms with Gasteiger partial charge in [0.25, 0.3) is 5.56 Å². The third-order valence-corrected chi connectivity index (χ3v) is 3.93. The van der Waals surface area contributed by atoms with E-state index >= 15 is 0 Å². The highest BCUT2D eigenvalue weighted by Gasteiger charge is 2.30. The fourth-order valence-corrected chi connectivity index (χ4v) is 3.03. The average Bonchev–Trinajstić information content (AvgIpc) is 2.97. The first-order valence-electron chi connectivity index (χ1n) is 5.94. The Morgan fingerprint density at radius 2 is 2.42 bits per heavy atom. The summed E-state index contributed by atoms with van der Waals surface area (Å²) in [6, 6.07) is 0.950. The lowest BCUT2D eigenvalue weighted by atomic mass is 10.2. The number of likely N-dealkylation sites (tertiary alicyclic amines) is 1. The highest BCUT2D eigenvalue weighted by atomic mass is 32.1. The summed E-state index contributed by atoms with van der Waals surface area (Å²) in [5.41, 5.74) is 1.93. The first-order valence-corrected chi connectivity index (χ1v) is 6.82. The Morgan fingerprint density at radius 1 is 1.58 bits per heavy atom.